The zero-order valence-corrected chi connectivity index (χ0v) is 9.41. The Bertz CT molecular complexity index is 267. The summed E-state index contributed by atoms with van der Waals surface area (Å²) in [5, 5.41) is 0. The monoisotopic (exact) mass is 211 g/mol. The van der Waals surface area contributed by atoms with Gasteiger partial charge < -0.3 is 16.4 Å². The molecule has 15 heavy (non-hydrogen) atoms. The minimum Gasteiger partial charge on any atom is -0.341 e. The Balaban J connectivity index is 1.98. The van der Waals surface area contributed by atoms with Crippen LogP contribution in [0.3, 0.4) is 0 Å². The van der Waals surface area contributed by atoms with Gasteiger partial charge in [0.05, 0.1) is 6.04 Å². The number of carbonyl (C=O) groups excluding carboxylic acids is 1. The van der Waals surface area contributed by atoms with E-state index in [1.54, 1.807) is 6.92 Å². The fourth-order valence-corrected chi connectivity index (χ4v) is 3.03. The minimum absolute atomic E-state index is 0.0901. The van der Waals surface area contributed by atoms with E-state index in [4.69, 9.17) is 11.5 Å². The molecule has 2 rings (SSSR count). The molecule has 0 aromatic rings. The van der Waals surface area contributed by atoms with E-state index in [2.05, 4.69) is 0 Å². The van der Waals surface area contributed by atoms with E-state index in [-0.39, 0.29) is 11.9 Å². The Labute approximate surface area is 91.0 Å². The Morgan fingerprint density at radius 2 is 2.27 bits per heavy atom. The zero-order chi connectivity index (χ0) is 11.1. The second-order valence-electron chi connectivity index (χ2n) is 5.30. The van der Waals surface area contributed by atoms with Crippen LogP contribution in [0.5, 0.6) is 0 Å². The van der Waals surface area contributed by atoms with Gasteiger partial charge in [-0.05, 0) is 38.0 Å². The van der Waals surface area contributed by atoms with E-state index in [0.29, 0.717) is 11.5 Å². The molecule has 0 radical (unpaired) electrons. The fourth-order valence-electron chi connectivity index (χ4n) is 3.03. The van der Waals surface area contributed by atoms with Crippen molar-refractivity contribution < 1.29 is 4.79 Å². The van der Waals surface area contributed by atoms with Gasteiger partial charge in [0.1, 0.15) is 0 Å². The van der Waals surface area contributed by atoms with Gasteiger partial charge >= 0.3 is 0 Å². The highest BCUT2D eigenvalue weighted by atomic mass is 16.2. The van der Waals surface area contributed by atoms with Gasteiger partial charge in [-0.1, -0.05) is 0 Å². The third-order valence-electron chi connectivity index (χ3n) is 3.88. The first-order chi connectivity index (χ1) is 7.02. The van der Waals surface area contributed by atoms with Crippen molar-refractivity contribution in [1.82, 2.24) is 4.90 Å². The van der Waals surface area contributed by atoms with Crippen molar-refractivity contribution >= 4 is 5.91 Å². The molecule has 0 aromatic heterocycles. The average Bonchev–Trinajstić information content (AvgIpc) is 2.74. The summed E-state index contributed by atoms with van der Waals surface area (Å²) in [4.78, 5) is 13.7. The van der Waals surface area contributed by atoms with Crippen molar-refractivity contribution in [3.05, 3.63) is 0 Å². The van der Waals surface area contributed by atoms with E-state index < -0.39 is 0 Å². The van der Waals surface area contributed by atoms with Crippen molar-refractivity contribution in [3.63, 3.8) is 0 Å². The predicted molar refractivity (Wildman–Crippen MR) is 59.1 cm³/mol. The van der Waals surface area contributed by atoms with Gasteiger partial charge in [-0.2, -0.15) is 0 Å². The lowest BCUT2D eigenvalue weighted by atomic mass is 9.85. The lowest BCUT2D eigenvalue weighted by Crippen LogP contribution is -2.41. The summed E-state index contributed by atoms with van der Waals surface area (Å²) in [5.74, 6) is 0.0901. The van der Waals surface area contributed by atoms with Crippen molar-refractivity contribution in [2.75, 3.05) is 13.1 Å². The predicted octanol–water partition coefficient (Wildman–Crippen LogP) is 0.0635. The van der Waals surface area contributed by atoms with Gasteiger partial charge in [-0.15, -0.1) is 0 Å². The first-order valence-electron chi connectivity index (χ1n) is 5.82. The molecule has 1 spiro atoms. The normalized spacial score (nSPS) is 37.5. The zero-order valence-electron chi connectivity index (χ0n) is 9.41. The number of nitrogens with two attached hydrogens (primary N) is 2. The van der Waals surface area contributed by atoms with E-state index in [0.717, 1.165) is 32.4 Å². The molecular weight excluding hydrogens is 190 g/mol. The maximum Gasteiger partial charge on any atom is 0.239 e. The number of nitrogens with zero attached hydrogens (tertiary/aromatic N) is 1. The Hall–Kier alpha value is -0.610. The van der Waals surface area contributed by atoms with Gasteiger partial charge in [0, 0.05) is 19.1 Å². The molecule has 0 aromatic carbocycles. The van der Waals surface area contributed by atoms with Crippen LogP contribution in [-0.2, 0) is 4.79 Å². The molecule has 1 heterocycles. The largest absolute Gasteiger partial charge is 0.341 e. The molecule has 1 amide bonds. The molecule has 1 saturated heterocycles. The summed E-state index contributed by atoms with van der Waals surface area (Å²) >= 11 is 0. The molecule has 86 valence electrons. The lowest BCUT2D eigenvalue weighted by molar-refractivity contribution is -0.131. The summed E-state index contributed by atoms with van der Waals surface area (Å²) in [6, 6.07) is -0.0226. The van der Waals surface area contributed by atoms with Gasteiger partial charge in [0.25, 0.3) is 0 Å². The summed E-state index contributed by atoms with van der Waals surface area (Å²) in [6.45, 7) is 3.50. The Kier molecular flexibility index (Phi) is 2.73. The summed E-state index contributed by atoms with van der Waals surface area (Å²) in [5.41, 5.74) is 11.9. The molecule has 2 fully saturated rings. The Morgan fingerprint density at radius 1 is 1.53 bits per heavy atom. The van der Waals surface area contributed by atoms with Crippen LogP contribution in [0.4, 0.5) is 0 Å². The van der Waals surface area contributed by atoms with Crippen LogP contribution in [-0.4, -0.2) is 36.0 Å². The van der Waals surface area contributed by atoms with E-state index >= 15 is 0 Å². The number of amides is 1. The maximum absolute atomic E-state index is 11.7. The third kappa shape index (κ3) is 2.01. The number of hydrogen-bond donors (Lipinski definition) is 2. The SMILES string of the molecule is C[C@H](N)C(=O)N1CC[C@]2(CC[C@@H](N)C2)C1. The molecule has 4 heteroatoms. The molecule has 1 aliphatic carbocycles. The molecule has 4 N–H and O–H groups in total. The molecule has 4 nitrogen and oxygen atoms in total. The molecule has 3 atom stereocenters. The highest BCUT2D eigenvalue weighted by Gasteiger charge is 2.44. The van der Waals surface area contributed by atoms with Crippen LogP contribution >= 0.6 is 0 Å². The van der Waals surface area contributed by atoms with Crippen molar-refractivity contribution in [2.45, 2.75) is 44.7 Å². The molecule has 0 bridgehead atoms. The summed E-state index contributed by atoms with van der Waals surface area (Å²) in [7, 11) is 0. The highest BCUT2D eigenvalue weighted by Crippen LogP contribution is 2.44. The fraction of sp³-hybridized carbons (Fsp3) is 0.909. The maximum atomic E-state index is 11.7. The lowest BCUT2D eigenvalue weighted by Gasteiger charge is -2.24. The number of hydrogen-bond acceptors (Lipinski definition) is 3. The first-order valence-corrected chi connectivity index (χ1v) is 5.82. The number of likely N-dealkylation sites (tertiary alicyclic amines) is 1. The number of carbonyl (C=O) groups is 1. The van der Waals surface area contributed by atoms with Gasteiger partial charge in [0.2, 0.25) is 5.91 Å². The topological polar surface area (TPSA) is 72.4 Å². The third-order valence-corrected chi connectivity index (χ3v) is 3.88. The highest BCUT2D eigenvalue weighted by molar-refractivity contribution is 5.81. The van der Waals surface area contributed by atoms with E-state index in [9.17, 15) is 4.79 Å². The molecule has 0 unspecified atom stereocenters. The summed E-state index contributed by atoms with van der Waals surface area (Å²) in [6.07, 6.45) is 4.48. The quantitative estimate of drug-likeness (QED) is 0.644. The Morgan fingerprint density at radius 3 is 2.80 bits per heavy atom. The van der Waals surface area contributed by atoms with Crippen molar-refractivity contribution in [3.8, 4) is 0 Å². The van der Waals surface area contributed by atoms with Crippen molar-refractivity contribution in [2.24, 2.45) is 16.9 Å². The second kappa shape index (κ2) is 3.76. The second-order valence-corrected chi connectivity index (χ2v) is 5.30. The van der Waals surface area contributed by atoms with Crippen LogP contribution in [0.15, 0.2) is 0 Å². The van der Waals surface area contributed by atoms with Gasteiger partial charge in [0.15, 0.2) is 0 Å². The molecule has 1 aliphatic heterocycles. The van der Waals surface area contributed by atoms with Gasteiger partial charge in [-0.25, -0.2) is 0 Å². The molecule has 1 saturated carbocycles. The first kappa shape index (κ1) is 10.9. The summed E-state index contributed by atoms with van der Waals surface area (Å²) < 4.78 is 0. The van der Waals surface area contributed by atoms with Crippen LogP contribution in [0.25, 0.3) is 0 Å². The van der Waals surface area contributed by atoms with Crippen LogP contribution in [0.1, 0.15) is 32.6 Å². The molecule has 2 aliphatic rings. The molecular formula is C11H21N3O. The van der Waals surface area contributed by atoms with Gasteiger partial charge in [-0.3, -0.25) is 4.79 Å². The average molecular weight is 211 g/mol. The van der Waals surface area contributed by atoms with E-state index in [1.807, 2.05) is 4.90 Å². The van der Waals surface area contributed by atoms with E-state index in [1.165, 1.54) is 6.42 Å². The van der Waals surface area contributed by atoms with Crippen LogP contribution in [0, 0.1) is 5.41 Å². The minimum atomic E-state index is -0.366. The van der Waals surface area contributed by atoms with Crippen LogP contribution < -0.4 is 11.5 Å². The van der Waals surface area contributed by atoms with Crippen LogP contribution in [0.2, 0.25) is 0 Å². The number of rotatable bonds is 1. The standard InChI is InChI=1S/C11H21N3O/c1-8(12)10(15)14-5-4-11(7-14)3-2-9(13)6-11/h8-9H,2-7,12-13H2,1H3/t8-,9+,11-/m0/s1. The smallest absolute Gasteiger partial charge is 0.239 e. The van der Waals surface area contributed by atoms with Crippen molar-refractivity contribution in [1.29, 1.82) is 0 Å².